The van der Waals surface area contributed by atoms with Crippen molar-refractivity contribution in [1.29, 1.82) is 0 Å². The van der Waals surface area contributed by atoms with E-state index in [1.165, 1.54) is 70.6 Å². The van der Waals surface area contributed by atoms with Crippen LogP contribution in [0.15, 0.2) is 11.6 Å². The maximum Gasteiger partial charge on any atom is 0.184 e. The van der Waals surface area contributed by atoms with Gasteiger partial charge in [-0.1, -0.05) is 52.2 Å². The summed E-state index contributed by atoms with van der Waals surface area (Å²) in [6, 6.07) is 0. The monoisotopic (exact) mass is 546 g/mol. The Labute approximate surface area is 233 Å². The first kappa shape index (κ1) is 30.1. The molecular formula is C33H62O2Si2. The van der Waals surface area contributed by atoms with Crippen molar-refractivity contribution in [2.45, 2.75) is 144 Å². The first-order valence-corrected chi connectivity index (χ1v) is 23.0. The van der Waals surface area contributed by atoms with Gasteiger partial charge in [0.2, 0.25) is 0 Å². The quantitative estimate of drug-likeness (QED) is 0.200. The van der Waals surface area contributed by atoms with E-state index in [9.17, 15) is 0 Å². The lowest BCUT2D eigenvalue weighted by atomic mass is 9.47. The normalized spacial score (nSPS) is 39.8. The second-order valence-electron chi connectivity index (χ2n) is 16.5. The van der Waals surface area contributed by atoms with Gasteiger partial charge < -0.3 is 8.85 Å². The van der Waals surface area contributed by atoms with Crippen LogP contribution < -0.4 is 0 Å². The zero-order chi connectivity index (χ0) is 27.2. The van der Waals surface area contributed by atoms with Gasteiger partial charge in [-0.25, -0.2) is 0 Å². The molecule has 0 bridgehead atoms. The molecule has 0 spiro atoms. The standard InChI is InChI=1S/C33H62O2Si2/c1-24(23-34-36(5,6)7)12-11-13-25(2)29-16-17-30-28-15-14-26-22-27(35-37(8,9)10)18-20-32(26,3)31(28)19-21-33(29,30)4/h14,24-25,27-31H,11-13,15-23H2,1-10H3/t24?,25-,27?,28?,29?,30?,31?,32?,33?/m0/s1. The second kappa shape index (κ2) is 11.2. The molecule has 3 saturated carbocycles. The van der Waals surface area contributed by atoms with E-state index in [0.29, 0.717) is 22.9 Å². The van der Waals surface area contributed by atoms with E-state index in [1.54, 1.807) is 5.57 Å². The van der Waals surface area contributed by atoms with Crippen LogP contribution in [0.4, 0.5) is 0 Å². The van der Waals surface area contributed by atoms with E-state index in [1.807, 2.05) is 0 Å². The molecule has 9 atom stereocenters. The summed E-state index contributed by atoms with van der Waals surface area (Å²) in [7, 11) is -2.85. The van der Waals surface area contributed by atoms with Crippen LogP contribution in [0.3, 0.4) is 0 Å². The first-order valence-electron chi connectivity index (χ1n) is 16.1. The van der Waals surface area contributed by atoms with Crippen LogP contribution in [0.5, 0.6) is 0 Å². The minimum atomic E-state index is -1.47. The predicted octanol–water partition coefficient (Wildman–Crippen LogP) is 10.1. The van der Waals surface area contributed by atoms with Gasteiger partial charge in [-0.2, -0.15) is 0 Å². The Balaban J connectivity index is 1.35. The van der Waals surface area contributed by atoms with Crippen LogP contribution in [0, 0.1) is 46.3 Å². The van der Waals surface area contributed by atoms with Gasteiger partial charge in [-0.15, -0.1) is 0 Å². The van der Waals surface area contributed by atoms with Gasteiger partial charge in [0.05, 0.1) is 0 Å². The Morgan fingerprint density at radius 3 is 2.30 bits per heavy atom. The molecule has 0 radical (unpaired) electrons. The van der Waals surface area contributed by atoms with Crippen LogP contribution in [0.25, 0.3) is 0 Å². The first-order chi connectivity index (χ1) is 17.1. The van der Waals surface area contributed by atoms with Crippen LogP contribution >= 0.6 is 0 Å². The lowest BCUT2D eigenvalue weighted by molar-refractivity contribution is -0.0563. The lowest BCUT2D eigenvalue weighted by Gasteiger charge is -2.58. The Morgan fingerprint density at radius 2 is 1.62 bits per heavy atom. The zero-order valence-electron chi connectivity index (χ0n) is 26.4. The van der Waals surface area contributed by atoms with Crippen molar-refractivity contribution in [3.8, 4) is 0 Å². The molecule has 2 nitrogen and oxygen atoms in total. The van der Waals surface area contributed by atoms with Crippen molar-refractivity contribution in [3.63, 3.8) is 0 Å². The van der Waals surface area contributed by atoms with E-state index < -0.39 is 16.6 Å². The number of hydrogen-bond acceptors (Lipinski definition) is 2. The summed E-state index contributed by atoms with van der Waals surface area (Å²) >= 11 is 0. The minimum absolute atomic E-state index is 0.446. The molecule has 4 heteroatoms. The van der Waals surface area contributed by atoms with E-state index in [-0.39, 0.29) is 0 Å². The smallest absolute Gasteiger partial charge is 0.184 e. The summed E-state index contributed by atoms with van der Waals surface area (Å²) in [4.78, 5) is 0. The van der Waals surface area contributed by atoms with E-state index >= 15 is 0 Å². The molecule has 4 aliphatic rings. The highest BCUT2D eigenvalue weighted by molar-refractivity contribution is 6.70. The number of hydrogen-bond donors (Lipinski definition) is 0. The highest BCUT2D eigenvalue weighted by Crippen LogP contribution is 2.67. The molecule has 3 fully saturated rings. The summed E-state index contributed by atoms with van der Waals surface area (Å²) < 4.78 is 12.8. The van der Waals surface area contributed by atoms with Crippen molar-refractivity contribution in [2.75, 3.05) is 6.61 Å². The van der Waals surface area contributed by atoms with Crippen LogP contribution in [0.1, 0.15) is 98.3 Å². The molecule has 8 unspecified atom stereocenters. The van der Waals surface area contributed by atoms with Gasteiger partial charge in [0.1, 0.15) is 0 Å². The second-order valence-corrected chi connectivity index (χ2v) is 25.5. The lowest BCUT2D eigenvalue weighted by Crippen LogP contribution is -2.51. The molecule has 0 N–H and O–H groups in total. The third kappa shape index (κ3) is 6.71. The molecule has 0 aromatic rings. The SMILES string of the molecule is CC(CCC[C@H](C)C1CCC2C3CC=C4CC(O[Si](C)(C)C)CCC4(C)C3CCC21C)CO[Si](C)(C)C. The van der Waals surface area contributed by atoms with Gasteiger partial charge in [0.25, 0.3) is 0 Å². The summed E-state index contributed by atoms with van der Waals surface area (Å²) in [6.45, 7) is 25.4. The number of rotatable bonds is 10. The third-order valence-electron chi connectivity index (χ3n) is 11.5. The van der Waals surface area contributed by atoms with Crippen molar-refractivity contribution in [2.24, 2.45) is 46.3 Å². The van der Waals surface area contributed by atoms with Gasteiger partial charge in [-0.05, 0) is 143 Å². The van der Waals surface area contributed by atoms with Crippen LogP contribution in [-0.4, -0.2) is 29.3 Å². The molecule has 0 amide bonds. The molecule has 0 heterocycles. The van der Waals surface area contributed by atoms with Gasteiger partial charge in [0.15, 0.2) is 16.6 Å². The van der Waals surface area contributed by atoms with Crippen molar-refractivity contribution in [3.05, 3.63) is 11.6 Å². The predicted molar refractivity (Wildman–Crippen MR) is 165 cm³/mol. The Bertz CT molecular complexity index is 810. The Hall–Kier alpha value is 0.0938. The highest BCUT2D eigenvalue weighted by atomic mass is 28.4. The van der Waals surface area contributed by atoms with Crippen molar-refractivity contribution in [1.82, 2.24) is 0 Å². The van der Waals surface area contributed by atoms with E-state index in [4.69, 9.17) is 8.85 Å². The molecule has 4 rings (SSSR count). The Kier molecular flexibility index (Phi) is 9.07. The zero-order valence-corrected chi connectivity index (χ0v) is 28.4. The maximum atomic E-state index is 6.60. The highest BCUT2D eigenvalue weighted by Gasteiger charge is 2.59. The average molecular weight is 547 g/mol. The maximum absolute atomic E-state index is 6.60. The summed E-state index contributed by atoms with van der Waals surface area (Å²) in [6.07, 6.45) is 18.5. The van der Waals surface area contributed by atoms with Gasteiger partial charge in [0, 0.05) is 12.7 Å². The molecule has 0 aliphatic heterocycles. The van der Waals surface area contributed by atoms with Gasteiger partial charge >= 0.3 is 0 Å². The summed E-state index contributed by atoms with van der Waals surface area (Å²) in [5, 5.41) is 0. The molecule has 0 saturated heterocycles. The summed E-state index contributed by atoms with van der Waals surface area (Å²) in [5.41, 5.74) is 2.80. The van der Waals surface area contributed by atoms with E-state index in [0.717, 1.165) is 36.2 Å². The molecular weight excluding hydrogens is 485 g/mol. The molecule has 4 aliphatic carbocycles. The van der Waals surface area contributed by atoms with Crippen LogP contribution in [-0.2, 0) is 8.85 Å². The minimum Gasteiger partial charge on any atom is -0.417 e. The molecule has 0 aromatic heterocycles. The molecule has 214 valence electrons. The topological polar surface area (TPSA) is 18.5 Å². The molecule has 37 heavy (non-hydrogen) atoms. The number of fused-ring (bicyclic) bond motifs is 5. The Morgan fingerprint density at radius 1 is 0.892 bits per heavy atom. The average Bonchev–Trinajstić information content (AvgIpc) is 3.14. The fourth-order valence-electron chi connectivity index (χ4n) is 9.67. The van der Waals surface area contributed by atoms with E-state index in [2.05, 4.69) is 73.1 Å². The largest absolute Gasteiger partial charge is 0.417 e. The van der Waals surface area contributed by atoms with Crippen molar-refractivity contribution < 1.29 is 8.85 Å². The summed E-state index contributed by atoms with van der Waals surface area (Å²) in [5.74, 6) is 5.31. The van der Waals surface area contributed by atoms with Gasteiger partial charge in [-0.3, -0.25) is 0 Å². The number of allylic oxidation sites excluding steroid dienone is 1. The van der Waals surface area contributed by atoms with Crippen molar-refractivity contribution >= 4 is 16.6 Å². The fourth-order valence-corrected chi connectivity index (χ4v) is 11.7. The fraction of sp³-hybridized carbons (Fsp3) is 0.939. The van der Waals surface area contributed by atoms with Crippen LogP contribution in [0.2, 0.25) is 39.3 Å². The molecule has 0 aromatic carbocycles. The third-order valence-corrected chi connectivity index (χ3v) is 13.6.